The summed E-state index contributed by atoms with van der Waals surface area (Å²) in [5.74, 6) is -2.70. The highest BCUT2D eigenvalue weighted by Gasteiger charge is 2.22. The summed E-state index contributed by atoms with van der Waals surface area (Å²) in [6, 6.07) is 3.95. The van der Waals surface area contributed by atoms with E-state index in [0.717, 1.165) is 6.07 Å². The normalized spacial score (nSPS) is 14.7. The topological polar surface area (TPSA) is 37.3 Å². The molecule has 0 saturated heterocycles. The molecule has 2 nitrogen and oxygen atoms in total. The summed E-state index contributed by atoms with van der Waals surface area (Å²) in [7, 11) is 0. The molecule has 2 unspecified atom stereocenters. The summed E-state index contributed by atoms with van der Waals surface area (Å²) in [4.78, 5) is 10.7. The van der Waals surface area contributed by atoms with E-state index in [1.807, 2.05) is 0 Å². The summed E-state index contributed by atoms with van der Waals surface area (Å²) in [6.07, 6.45) is -1.51. The molecule has 1 N–H and O–H groups in total. The number of halogens is 2. The molecule has 1 aromatic carbocycles. The molecule has 15 heavy (non-hydrogen) atoms. The monoisotopic (exact) mass is 214 g/mol. The van der Waals surface area contributed by atoms with Gasteiger partial charge in [-0.3, -0.25) is 4.79 Å². The minimum Gasteiger partial charge on any atom is -0.481 e. The zero-order chi connectivity index (χ0) is 11.6. The van der Waals surface area contributed by atoms with E-state index in [9.17, 15) is 13.6 Å². The highest BCUT2D eigenvalue weighted by Crippen LogP contribution is 2.29. The fourth-order valence-corrected chi connectivity index (χ4v) is 1.48. The lowest BCUT2D eigenvalue weighted by atomic mass is 9.93. The highest BCUT2D eigenvalue weighted by molar-refractivity contribution is 5.76. The molecular formula is C11H12F2O2. The molecule has 0 heterocycles. The van der Waals surface area contributed by atoms with Crippen LogP contribution in [0.15, 0.2) is 18.2 Å². The van der Waals surface area contributed by atoms with Gasteiger partial charge in [-0.25, -0.2) is 8.78 Å². The Labute approximate surface area is 86.5 Å². The molecule has 1 aromatic rings. The van der Waals surface area contributed by atoms with E-state index in [-0.39, 0.29) is 11.1 Å². The number of hydrogen-bond donors (Lipinski definition) is 1. The molecule has 0 amide bonds. The van der Waals surface area contributed by atoms with E-state index >= 15 is 0 Å². The second kappa shape index (κ2) is 4.38. The van der Waals surface area contributed by atoms with Crippen LogP contribution in [0.25, 0.3) is 0 Å². The van der Waals surface area contributed by atoms with E-state index in [2.05, 4.69) is 0 Å². The second-order valence-electron chi connectivity index (χ2n) is 3.42. The van der Waals surface area contributed by atoms with Crippen molar-refractivity contribution >= 4 is 5.97 Å². The smallest absolute Gasteiger partial charge is 0.310 e. The quantitative estimate of drug-likeness (QED) is 0.839. The van der Waals surface area contributed by atoms with E-state index in [1.54, 1.807) is 0 Å². The summed E-state index contributed by atoms with van der Waals surface area (Å²) < 4.78 is 26.4. The number of carboxylic acids is 1. The molecule has 0 saturated carbocycles. The van der Waals surface area contributed by atoms with E-state index in [0.29, 0.717) is 0 Å². The van der Waals surface area contributed by atoms with Gasteiger partial charge >= 0.3 is 5.97 Å². The molecule has 0 spiro atoms. The van der Waals surface area contributed by atoms with Gasteiger partial charge in [0.05, 0.1) is 5.92 Å². The van der Waals surface area contributed by atoms with Crippen LogP contribution in [0.5, 0.6) is 0 Å². The lowest BCUT2D eigenvalue weighted by molar-refractivity contribution is -0.138. The van der Waals surface area contributed by atoms with Crippen molar-refractivity contribution in [1.29, 1.82) is 0 Å². The average Bonchev–Trinajstić information content (AvgIpc) is 2.15. The van der Waals surface area contributed by atoms with Crippen molar-refractivity contribution in [1.82, 2.24) is 0 Å². The molecule has 4 heteroatoms. The van der Waals surface area contributed by atoms with Gasteiger partial charge in [0.2, 0.25) is 0 Å². The first-order chi connectivity index (χ1) is 6.95. The Morgan fingerprint density at radius 1 is 1.40 bits per heavy atom. The predicted molar refractivity (Wildman–Crippen MR) is 52.0 cm³/mol. The standard InChI is InChI=1S/C11H12F2O2/c1-6(11(14)15)8-4-3-5-9(13)10(8)7(2)12/h3-7H,1-2H3,(H,14,15). The van der Waals surface area contributed by atoms with Crippen molar-refractivity contribution in [2.75, 3.05) is 0 Å². The van der Waals surface area contributed by atoms with Gasteiger partial charge in [-0.05, 0) is 25.5 Å². The van der Waals surface area contributed by atoms with Crippen molar-refractivity contribution in [2.24, 2.45) is 0 Å². The third-order valence-corrected chi connectivity index (χ3v) is 2.32. The minimum absolute atomic E-state index is 0.160. The van der Waals surface area contributed by atoms with E-state index in [1.165, 1.54) is 26.0 Å². The van der Waals surface area contributed by atoms with Crippen molar-refractivity contribution in [3.63, 3.8) is 0 Å². The first-order valence-electron chi connectivity index (χ1n) is 4.60. The SMILES string of the molecule is CC(F)c1c(F)cccc1C(C)C(=O)O. The summed E-state index contributed by atoms with van der Waals surface area (Å²) >= 11 is 0. The fraction of sp³-hybridized carbons (Fsp3) is 0.364. The summed E-state index contributed by atoms with van der Waals surface area (Å²) in [5, 5.41) is 8.79. The van der Waals surface area contributed by atoms with Gasteiger partial charge in [0, 0.05) is 5.56 Å². The molecule has 0 aromatic heterocycles. The van der Waals surface area contributed by atoms with Crippen molar-refractivity contribution in [3.8, 4) is 0 Å². The summed E-state index contributed by atoms with van der Waals surface area (Å²) in [6.45, 7) is 2.60. The van der Waals surface area contributed by atoms with Gasteiger partial charge in [-0.1, -0.05) is 12.1 Å². The van der Waals surface area contributed by atoms with E-state index in [4.69, 9.17) is 5.11 Å². The van der Waals surface area contributed by atoms with Crippen LogP contribution in [0.1, 0.15) is 37.1 Å². The van der Waals surface area contributed by atoms with Gasteiger partial charge in [-0.15, -0.1) is 0 Å². The minimum atomic E-state index is -1.51. The van der Waals surface area contributed by atoms with Gasteiger partial charge in [0.25, 0.3) is 0 Å². The first kappa shape index (κ1) is 11.6. The molecular weight excluding hydrogens is 202 g/mol. The number of benzene rings is 1. The Morgan fingerprint density at radius 2 is 2.00 bits per heavy atom. The van der Waals surface area contributed by atoms with Crippen LogP contribution in [-0.2, 0) is 4.79 Å². The van der Waals surface area contributed by atoms with Gasteiger partial charge < -0.3 is 5.11 Å². The second-order valence-corrected chi connectivity index (χ2v) is 3.42. The molecule has 1 rings (SSSR count). The Kier molecular flexibility index (Phi) is 3.39. The van der Waals surface area contributed by atoms with Gasteiger partial charge in [-0.2, -0.15) is 0 Å². The van der Waals surface area contributed by atoms with Crippen molar-refractivity contribution in [3.05, 3.63) is 35.1 Å². The van der Waals surface area contributed by atoms with Crippen LogP contribution < -0.4 is 0 Å². The van der Waals surface area contributed by atoms with Crippen LogP contribution in [-0.4, -0.2) is 11.1 Å². The van der Waals surface area contributed by atoms with E-state index < -0.39 is 23.9 Å². The number of carbonyl (C=O) groups is 1. The molecule has 0 aliphatic carbocycles. The predicted octanol–water partition coefficient (Wildman–Crippen LogP) is 3.04. The van der Waals surface area contributed by atoms with Crippen molar-refractivity contribution < 1.29 is 18.7 Å². The zero-order valence-corrected chi connectivity index (χ0v) is 8.50. The Hall–Kier alpha value is -1.45. The summed E-state index contributed by atoms with van der Waals surface area (Å²) in [5.41, 5.74) is 0.0323. The van der Waals surface area contributed by atoms with Crippen LogP contribution in [0.2, 0.25) is 0 Å². The maximum absolute atomic E-state index is 13.3. The van der Waals surface area contributed by atoms with Crippen molar-refractivity contribution in [2.45, 2.75) is 25.9 Å². The molecule has 82 valence electrons. The third-order valence-electron chi connectivity index (χ3n) is 2.32. The lowest BCUT2D eigenvalue weighted by Gasteiger charge is -2.14. The Balaban J connectivity index is 3.28. The maximum atomic E-state index is 13.3. The van der Waals surface area contributed by atoms with Gasteiger partial charge in [0.15, 0.2) is 0 Å². The molecule has 0 aliphatic rings. The molecule has 0 fully saturated rings. The Bertz CT molecular complexity index is 375. The van der Waals surface area contributed by atoms with Crippen LogP contribution in [0.3, 0.4) is 0 Å². The maximum Gasteiger partial charge on any atom is 0.310 e. The Morgan fingerprint density at radius 3 is 2.47 bits per heavy atom. The van der Waals surface area contributed by atoms with Crippen LogP contribution in [0, 0.1) is 5.82 Å². The first-order valence-corrected chi connectivity index (χ1v) is 4.60. The largest absolute Gasteiger partial charge is 0.481 e. The molecule has 0 radical (unpaired) electrons. The average molecular weight is 214 g/mol. The molecule has 0 aliphatic heterocycles. The number of aliphatic carboxylic acids is 1. The van der Waals surface area contributed by atoms with Gasteiger partial charge in [0.1, 0.15) is 12.0 Å². The fourth-order valence-electron chi connectivity index (χ4n) is 1.48. The highest BCUT2D eigenvalue weighted by atomic mass is 19.1. The molecule has 0 bridgehead atoms. The third kappa shape index (κ3) is 2.32. The number of rotatable bonds is 3. The zero-order valence-electron chi connectivity index (χ0n) is 8.50. The van der Waals surface area contributed by atoms with Crippen LogP contribution in [0.4, 0.5) is 8.78 Å². The number of alkyl halides is 1. The molecule has 2 atom stereocenters. The number of hydrogen-bond acceptors (Lipinski definition) is 1. The van der Waals surface area contributed by atoms with Crippen LogP contribution >= 0.6 is 0 Å². The lowest BCUT2D eigenvalue weighted by Crippen LogP contribution is -2.11. The number of carboxylic acid groups (broad SMARTS) is 1.